The lowest BCUT2D eigenvalue weighted by atomic mass is 10.1. The molecular weight excluding hydrogens is 412 g/mol. The number of anilines is 1. The van der Waals surface area contributed by atoms with Crippen molar-refractivity contribution in [1.82, 2.24) is 15.1 Å². The van der Waals surface area contributed by atoms with Crippen LogP contribution in [0.2, 0.25) is 0 Å². The molecule has 0 saturated carbocycles. The lowest BCUT2D eigenvalue weighted by Crippen LogP contribution is -2.45. The third kappa shape index (κ3) is 6.29. The zero-order valence-electron chi connectivity index (χ0n) is 18.5. The molecule has 31 heavy (non-hydrogen) atoms. The maximum Gasteiger partial charge on any atom is 0.261 e. The third-order valence-electron chi connectivity index (χ3n) is 5.69. The molecule has 0 radical (unpaired) electrons. The van der Waals surface area contributed by atoms with Crippen molar-refractivity contribution >= 4 is 21.6 Å². The molecule has 1 aliphatic rings. The molecule has 2 aromatic carbocycles. The van der Waals surface area contributed by atoms with Gasteiger partial charge in [0, 0.05) is 38.3 Å². The van der Waals surface area contributed by atoms with Crippen LogP contribution < -0.4 is 10.0 Å². The van der Waals surface area contributed by atoms with Gasteiger partial charge in [0.25, 0.3) is 15.9 Å². The second kappa shape index (κ2) is 10.3. The molecule has 168 valence electrons. The van der Waals surface area contributed by atoms with E-state index in [0.717, 1.165) is 50.3 Å². The maximum atomic E-state index is 12.8. The first-order chi connectivity index (χ1) is 14.8. The average molecular weight is 445 g/mol. The average Bonchev–Trinajstić information content (AvgIpc) is 2.74. The van der Waals surface area contributed by atoms with Gasteiger partial charge in [-0.1, -0.05) is 24.3 Å². The van der Waals surface area contributed by atoms with Crippen molar-refractivity contribution in [2.24, 2.45) is 0 Å². The van der Waals surface area contributed by atoms with Gasteiger partial charge in [-0.25, -0.2) is 8.42 Å². The van der Waals surface area contributed by atoms with Crippen LogP contribution in [-0.4, -0.2) is 70.4 Å². The number of rotatable bonds is 8. The van der Waals surface area contributed by atoms with Crippen molar-refractivity contribution in [2.75, 3.05) is 51.0 Å². The number of nitrogens with zero attached hydrogens (tertiary/aromatic N) is 2. The van der Waals surface area contributed by atoms with E-state index in [4.69, 9.17) is 0 Å². The van der Waals surface area contributed by atoms with Crippen LogP contribution in [0.15, 0.2) is 47.4 Å². The lowest BCUT2D eigenvalue weighted by Gasteiger charge is -2.32. The minimum absolute atomic E-state index is 0.0731. The van der Waals surface area contributed by atoms with Crippen molar-refractivity contribution in [1.29, 1.82) is 0 Å². The van der Waals surface area contributed by atoms with Gasteiger partial charge in [-0.3, -0.25) is 9.52 Å². The van der Waals surface area contributed by atoms with Crippen LogP contribution in [0.25, 0.3) is 0 Å². The molecule has 1 saturated heterocycles. The van der Waals surface area contributed by atoms with Crippen molar-refractivity contribution in [3.8, 4) is 0 Å². The predicted octanol–water partition coefficient (Wildman–Crippen LogP) is 2.47. The van der Waals surface area contributed by atoms with E-state index in [1.165, 1.54) is 12.1 Å². The van der Waals surface area contributed by atoms with E-state index < -0.39 is 10.0 Å². The Morgan fingerprint density at radius 2 is 1.71 bits per heavy atom. The molecule has 0 spiro atoms. The summed E-state index contributed by atoms with van der Waals surface area (Å²) in [5.74, 6) is -0.246. The van der Waals surface area contributed by atoms with Gasteiger partial charge < -0.3 is 15.1 Å². The molecule has 0 aromatic heterocycles. The fourth-order valence-corrected chi connectivity index (χ4v) is 4.73. The van der Waals surface area contributed by atoms with Crippen molar-refractivity contribution < 1.29 is 13.2 Å². The monoisotopic (exact) mass is 444 g/mol. The first kappa shape index (κ1) is 23.2. The van der Waals surface area contributed by atoms with Gasteiger partial charge in [0.15, 0.2) is 0 Å². The summed E-state index contributed by atoms with van der Waals surface area (Å²) in [5.41, 5.74) is 2.48. The fourth-order valence-electron chi connectivity index (χ4n) is 3.58. The molecule has 1 heterocycles. The molecule has 3 rings (SSSR count). The number of para-hydroxylation sites is 1. The number of carbonyl (C=O) groups is 1. The zero-order chi connectivity index (χ0) is 22.4. The van der Waals surface area contributed by atoms with Crippen LogP contribution in [0.4, 0.5) is 5.69 Å². The number of piperazine rings is 1. The van der Waals surface area contributed by atoms with Crippen LogP contribution in [0, 0.1) is 13.8 Å². The van der Waals surface area contributed by atoms with Gasteiger partial charge in [-0.15, -0.1) is 0 Å². The van der Waals surface area contributed by atoms with E-state index in [1.807, 2.05) is 26.0 Å². The summed E-state index contributed by atoms with van der Waals surface area (Å²) < 4.78 is 28.3. The van der Waals surface area contributed by atoms with Gasteiger partial charge in [-0.2, -0.15) is 0 Å². The standard InChI is InChI=1S/C23H32N4O3S/c1-18-9-10-20(31(29,30)25-22-8-5-4-7-19(22)2)17-21(18)23(28)24-11-6-12-27-15-13-26(3)14-16-27/h4-5,7-10,17,25H,6,11-16H2,1-3H3,(H,24,28). The lowest BCUT2D eigenvalue weighted by molar-refractivity contribution is 0.0948. The van der Waals surface area contributed by atoms with E-state index >= 15 is 0 Å². The Balaban J connectivity index is 1.60. The molecule has 2 N–H and O–H groups in total. The van der Waals surface area contributed by atoms with Gasteiger partial charge in [-0.05, 0) is 63.2 Å². The number of hydrogen-bond acceptors (Lipinski definition) is 5. The Hall–Kier alpha value is -2.42. The smallest absolute Gasteiger partial charge is 0.261 e. The first-order valence-electron chi connectivity index (χ1n) is 10.6. The van der Waals surface area contributed by atoms with Crippen LogP contribution in [0.1, 0.15) is 27.9 Å². The summed E-state index contributed by atoms with van der Waals surface area (Å²) in [5, 5.41) is 2.93. The van der Waals surface area contributed by atoms with Gasteiger partial charge >= 0.3 is 0 Å². The molecule has 8 heteroatoms. The Morgan fingerprint density at radius 3 is 2.42 bits per heavy atom. The van der Waals surface area contributed by atoms with Gasteiger partial charge in [0.1, 0.15) is 0 Å². The number of hydrogen-bond donors (Lipinski definition) is 2. The molecule has 1 amide bonds. The van der Waals surface area contributed by atoms with E-state index in [0.29, 0.717) is 17.8 Å². The van der Waals surface area contributed by atoms with Crippen LogP contribution >= 0.6 is 0 Å². The highest BCUT2D eigenvalue weighted by atomic mass is 32.2. The van der Waals surface area contributed by atoms with Crippen molar-refractivity contribution in [2.45, 2.75) is 25.2 Å². The number of sulfonamides is 1. The molecule has 0 atom stereocenters. The van der Waals surface area contributed by atoms with Crippen LogP contribution in [0.5, 0.6) is 0 Å². The van der Waals surface area contributed by atoms with E-state index in [9.17, 15) is 13.2 Å². The predicted molar refractivity (Wildman–Crippen MR) is 124 cm³/mol. The van der Waals surface area contributed by atoms with E-state index in [2.05, 4.69) is 26.9 Å². The third-order valence-corrected chi connectivity index (χ3v) is 7.05. The molecule has 0 bridgehead atoms. The highest BCUT2D eigenvalue weighted by molar-refractivity contribution is 7.92. The normalized spacial score (nSPS) is 15.6. The molecule has 0 aliphatic carbocycles. The maximum absolute atomic E-state index is 12.8. The van der Waals surface area contributed by atoms with Gasteiger partial charge in [0.05, 0.1) is 10.6 Å². The second-order valence-corrected chi connectivity index (χ2v) is 9.83. The summed E-state index contributed by atoms with van der Waals surface area (Å²) in [4.78, 5) is 17.5. The summed E-state index contributed by atoms with van der Waals surface area (Å²) in [6, 6.07) is 11.8. The summed E-state index contributed by atoms with van der Waals surface area (Å²) in [6.07, 6.45) is 0.862. The summed E-state index contributed by atoms with van der Waals surface area (Å²) >= 11 is 0. The zero-order valence-corrected chi connectivity index (χ0v) is 19.3. The second-order valence-electron chi connectivity index (χ2n) is 8.15. The Morgan fingerprint density at radius 1 is 1.00 bits per heavy atom. The molecule has 1 aliphatic heterocycles. The Labute approximate surface area is 185 Å². The minimum Gasteiger partial charge on any atom is -0.352 e. The Kier molecular flexibility index (Phi) is 7.69. The van der Waals surface area contributed by atoms with Gasteiger partial charge in [0.2, 0.25) is 0 Å². The molecule has 1 fully saturated rings. The summed E-state index contributed by atoms with van der Waals surface area (Å²) in [7, 11) is -1.66. The minimum atomic E-state index is -3.79. The first-order valence-corrected chi connectivity index (χ1v) is 12.1. The van der Waals surface area contributed by atoms with Crippen molar-refractivity contribution in [3.63, 3.8) is 0 Å². The number of nitrogens with one attached hydrogen (secondary N) is 2. The number of aryl methyl sites for hydroxylation is 2. The fraction of sp³-hybridized carbons (Fsp3) is 0.435. The SMILES string of the molecule is Cc1ccccc1NS(=O)(=O)c1ccc(C)c(C(=O)NCCCN2CCN(C)CC2)c1. The molecule has 2 aromatic rings. The van der Waals surface area contributed by atoms with Crippen molar-refractivity contribution in [3.05, 3.63) is 59.2 Å². The van der Waals surface area contributed by atoms with E-state index in [1.54, 1.807) is 18.2 Å². The summed E-state index contributed by atoms with van der Waals surface area (Å²) in [6.45, 7) is 9.41. The largest absolute Gasteiger partial charge is 0.352 e. The quantitative estimate of drug-likeness (QED) is 0.612. The number of amides is 1. The number of likely N-dealkylation sites (N-methyl/N-ethyl adjacent to an activating group) is 1. The molecular formula is C23H32N4O3S. The Bertz CT molecular complexity index is 1020. The molecule has 7 nitrogen and oxygen atoms in total. The highest BCUT2D eigenvalue weighted by Crippen LogP contribution is 2.21. The number of carbonyl (C=O) groups excluding carboxylic acids is 1. The molecule has 0 unspecified atom stereocenters. The van der Waals surface area contributed by atoms with E-state index in [-0.39, 0.29) is 10.8 Å². The van der Waals surface area contributed by atoms with Crippen LogP contribution in [-0.2, 0) is 10.0 Å². The highest BCUT2D eigenvalue weighted by Gasteiger charge is 2.19. The van der Waals surface area contributed by atoms with Crippen LogP contribution in [0.3, 0.4) is 0 Å². The number of benzene rings is 2. The topological polar surface area (TPSA) is 81.7 Å².